The number of amides is 2. The van der Waals surface area contributed by atoms with Crippen LogP contribution in [0.3, 0.4) is 0 Å². The molecule has 0 bridgehead atoms. The van der Waals surface area contributed by atoms with E-state index in [2.05, 4.69) is 10.2 Å². The molecular weight excluding hydrogens is 286 g/mol. The molecule has 0 aromatic heterocycles. The molecule has 22 heavy (non-hydrogen) atoms. The molecule has 2 rings (SSSR count). The zero-order chi connectivity index (χ0) is 16.4. The number of likely N-dealkylation sites (N-methyl/N-ethyl adjacent to an activating group) is 1. The van der Waals surface area contributed by atoms with Crippen LogP contribution < -0.4 is 5.32 Å². The van der Waals surface area contributed by atoms with Crippen LogP contribution in [0, 0.1) is 0 Å². The third kappa shape index (κ3) is 3.52. The van der Waals surface area contributed by atoms with E-state index in [1.165, 1.54) is 0 Å². The van der Waals surface area contributed by atoms with Crippen LogP contribution in [-0.4, -0.2) is 79.4 Å². The molecule has 1 N–H and O–H groups in total. The Kier molecular flexibility index (Phi) is 4.97. The van der Waals surface area contributed by atoms with Crippen LogP contribution in [0.2, 0.25) is 0 Å². The van der Waals surface area contributed by atoms with Crippen LogP contribution in [0.25, 0.3) is 0 Å². The van der Waals surface area contributed by atoms with Gasteiger partial charge in [0, 0.05) is 46.3 Å². The third-order valence-corrected chi connectivity index (χ3v) is 4.19. The monoisotopic (exact) mass is 313 g/mol. The van der Waals surface area contributed by atoms with Crippen LogP contribution in [0.1, 0.15) is 27.2 Å². The first-order valence-corrected chi connectivity index (χ1v) is 7.81. The highest BCUT2D eigenvalue weighted by Gasteiger charge is 2.48. The molecule has 0 aliphatic carbocycles. The lowest BCUT2D eigenvalue weighted by Crippen LogP contribution is -2.64. The summed E-state index contributed by atoms with van der Waals surface area (Å²) in [5.41, 5.74) is -1.08. The van der Waals surface area contributed by atoms with Crippen molar-refractivity contribution in [2.45, 2.75) is 38.3 Å². The molecule has 2 amide bonds. The second kappa shape index (κ2) is 6.42. The highest BCUT2D eigenvalue weighted by atomic mass is 16.6. The highest BCUT2D eigenvalue weighted by Crippen LogP contribution is 2.28. The Hall–Kier alpha value is -1.34. The van der Waals surface area contributed by atoms with Gasteiger partial charge < -0.3 is 19.7 Å². The number of carbonyl (C=O) groups excluding carboxylic acids is 2. The molecule has 2 aliphatic heterocycles. The fourth-order valence-electron chi connectivity index (χ4n) is 3.00. The fraction of sp³-hybridized carbons (Fsp3) is 0.867. The van der Waals surface area contributed by atoms with E-state index in [1.807, 2.05) is 20.8 Å². The molecular formula is C15H27N3O4. The van der Waals surface area contributed by atoms with Crippen molar-refractivity contribution < 1.29 is 19.1 Å². The predicted molar refractivity (Wildman–Crippen MR) is 81.6 cm³/mol. The van der Waals surface area contributed by atoms with Gasteiger partial charge in [-0.15, -0.1) is 0 Å². The number of rotatable bonds is 2. The van der Waals surface area contributed by atoms with Crippen molar-refractivity contribution in [2.75, 3.05) is 46.4 Å². The van der Waals surface area contributed by atoms with Gasteiger partial charge in [0.25, 0.3) is 0 Å². The Labute approximate surface area is 131 Å². The Morgan fingerprint density at radius 1 is 1.18 bits per heavy atom. The van der Waals surface area contributed by atoms with Crippen LogP contribution in [-0.2, 0) is 14.3 Å². The molecule has 2 saturated heterocycles. The maximum Gasteiger partial charge on any atom is 0.410 e. The molecule has 7 nitrogen and oxygen atoms in total. The number of hydrogen-bond donors (Lipinski definition) is 1. The standard InChI is InChI=1S/C15H27N3O4/c1-14(2,3)22-13(20)17-6-8-18(9-7-17)15(12(19)16-4)5-10-21-11-15/h5-11H2,1-4H3,(H,16,19). The summed E-state index contributed by atoms with van der Waals surface area (Å²) in [6, 6.07) is 0. The van der Waals surface area contributed by atoms with Crippen molar-refractivity contribution in [3.8, 4) is 0 Å². The van der Waals surface area contributed by atoms with Crippen molar-refractivity contribution in [3.05, 3.63) is 0 Å². The first kappa shape index (κ1) is 17.0. The summed E-state index contributed by atoms with van der Waals surface area (Å²) in [6.07, 6.45) is 0.405. The van der Waals surface area contributed by atoms with E-state index in [4.69, 9.17) is 9.47 Å². The molecule has 0 radical (unpaired) electrons. The molecule has 0 spiro atoms. The molecule has 0 saturated carbocycles. The number of nitrogens with zero attached hydrogens (tertiary/aromatic N) is 2. The minimum atomic E-state index is -0.589. The summed E-state index contributed by atoms with van der Waals surface area (Å²) in [5.74, 6) is -0.00396. The van der Waals surface area contributed by atoms with Crippen LogP contribution in [0.5, 0.6) is 0 Å². The molecule has 7 heteroatoms. The van der Waals surface area contributed by atoms with E-state index in [0.717, 1.165) is 0 Å². The van der Waals surface area contributed by atoms with Gasteiger partial charge in [0.15, 0.2) is 0 Å². The number of piperazine rings is 1. The molecule has 2 heterocycles. The first-order valence-electron chi connectivity index (χ1n) is 7.81. The van der Waals surface area contributed by atoms with Crippen molar-refractivity contribution in [1.29, 1.82) is 0 Å². The zero-order valence-electron chi connectivity index (χ0n) is 14.0. The largest absolute Gasteiger partial charge is 0.444 e. The lowest BCUT2D eigenvalue weighted by molar-refractivity contribution is -0.134. The number of ether oxygens (including phenoxy) is 2. The maximum absolute atomic E-state index is 12.3. The first-order chi connectivity index (χ1) is 10.3. The van der Waals surface area contributed by atoms with Crippen LogP contribution >= 0.6 is 0 Å². The number of nitrogens with one attached hydrogen (secondary N) is 1. The van der Waals surface area contributed by atoms with Gasteiger partial charge in [0.1, 0.15) is 11.1 Å². The van der Waals surface area contributed by atoms with Crippen molar-refractivity contribution in [2.24, 2.45) is 0 Å². The SMILES string of the molecule is CNC(=O)C1(N2CCN(C(=O)OC(C)(C)C)CC2)CCOC1. The molecule has 2 fully saturated rings. The molecule has 2 aliphatic rings. The Balaban J connectivity index is 1.96. The van der Waals surface area contributed by atoms with Gasteiger partial charge in [0.2, 0.25) is 5.91 Å². The van der Waals surface area contributed by atoms with E-state index in [9.17, 15) is 9.59 Å². The lowest BCUT2D eigenvalue weighted by Gasteiger charge is -2.43. The average Bonchev–Trinajstić information content (AvgIpc) is 2.95. The number of hydrogen-bond acceptors (Lipinski definition) is 5. The van der Waals surface area contributed by atoms with Crippen molar-refractivity contribution in [3.63, 3.8) is 0 Å². The molecule has 1 unspecified atom stereocenters. The smallest absolute Gasteiger partial charge is 0.410 e. The van der Waals surface area contributed by atoms with Crippen LogP contribution in [0.15, 0.2) is 0 Å². The number of carbonyl (C=O) groups is 2. The normalized spacial score (nSPS) is 26.8. The summed E-state index contributed by atoms with van der Waals surface area (Å²) in [4.78, 5) is 28.2. The Morgan fingerprint density at radius 3 is 2.27 bits per heavy atom. The van der Waals surface area contributed by atoms with Crippen LogP contribution in [0.4, 0.5) is 4.79 Å². The Morgan fingerprint density at radius 2 is 1.82 bits per heavy atom. The topological polar surface area (TPSA) is 71.1 Å². The molecule has 126 valence electrons. The predicted octanol–water partition coefficient (Wildman–Crippen LogP) is 0.444. The highest BCUT2D eigenvalue weighted by molar-refractivity contribution is 5.86. The van der Waals surface area contributed by atoms with Gasteiger partial charge >= 0.3 is 6.09 Å². The molecule has 0 aromatic carbocycles. The summed E-state index contributed by atoms with van der Waals surface area (Å²) in [6.45, 7) is 9.01. The second-order valence-corrected chi connectivity index (χ2v) is 6.87. The van der Waals surface area contributed by atoms with Gasteiger partial charge in [-0.1, -0.05) is 0 Å². The Bertz CT molecular complexity index is 419. The lowest BCUT2D eigenvalue weighted by atomic mass is 9.94. The van der Waals surface area contributed by atoms with Gasteiger partial charge in [0.05, 0.1) is 6.61 Å². The van der Waals surface area contributed by atoms with E-state index in [0.29, 0.717) is 45.8 Å². The summed E-state index contributed by atoms with van der Waals surface area (Å²) >= 11 is 0. The van der Waals surface area contributed by atoms with Crippen molar-refractivity contribution in [1.82, 2.24) is 15.1 Å². The van der Waals surface area contributed by atoms with Crippen molar-refractivity contribution >= 4 is 12.0 Å². The fourth-order valence-corrected chi connectivity index (χ4v) is 3.00. The maximum atomic E-state index is 12.3. The quantitative estimate of drug-likeness (QED) is 0.801. The summed E-state index contributed by atoms with van der Waals surface area (Å²) < 4.78 is 10.9. The van der Waals surface area contributed by atoms with E-state index >= 15 is 0 Å². The van der Waals surface area contributed by atoms with E-state index in [1.54, 1.807) is 11.9 Å². The van der Waals surface area contributed by atoms with Gasteiger partial charge in [-0.25, -0.2) is 4.79 Å². The zero-order valence-corrected chi connectivity index (χ0v) is 14.0. The minimum absolute atomic E-state index is 0.00396. The van der Waals surface area contributed by atoms with E-state index < -0.39 is 11.1 Å². The van der Waals surface area contributed by atoms with Gasteiger partial charge in [-0.2, -0.15) is 0 Å². The molecule has 0 aromatic rings. The van der Waals surface area contributed by atoms with Gasteiger partial charge in [-0.05, 0) is 20.8 Å². The second-order valence-electron chi connectivity index (χ2n) is 6.87. The minimum Gasteiger partial charge on any atom is -0.444 e. The molecule has 1 atom stereocenters. The average molecular weight is 313 g/mol. The summed E-state index contributed by atoms with van der Waals surface area (Å²) in [5, 5.41) is 2.74. The summed E-state index contributed by atoms with van der Waals surface area (Å²) in [7, 11) is 1.65. The third-order valence-electron chi connectivity index (χ3n) is 4.19. The van der Waals surface area contributed by atoms with E-state index in [-0.39, 0.29) is 12.0 Å². The van der Waals surface area contributed by atoms with Gasteiger partial charge in [-0.3, -0.25) is 9.69 Å².